The van der Waals surface area contributed by atoms with Crippen LogP contribution in [0.2, 0.25) is 0 Å². The molecule has 0 radical (unpaired) electrons. The van der Waals surface area contributed by atoms with Crippen molar-refractivity contribution < 1.29 is 38.6 Å². The second-order valence-corrected chi connectivity index (χ2v) is 16.0. The van der Waals surface area contributed by atoms with E-state index in [0.717, 1.165) is 30.4 Å². The third-order valence-electron chi connectivity index (χ3n) is 11.4. The number of ether oxygens (including phenoxy) is 2. The molecule has 0 unspecified atom stereocenters. The van der Waals surface area contributed by atoms with E-state index in [1.54, 1.807) is 55.5 Å². The van der Waals surface area contributed by atoms with Crippen molar-refractivity contribution in [3.63, 3.8) is 0 Å². The molecule has 0 fully saturated rings. The fraction of sp³-hybridized carbons (Fsp3) is 0.400. The molecule has 332 valence electrons. The Morgan fingerprint density at radius 1 is 0.905 bits per heavy atom. The first-order valence-electron chi connectivity index (χ1n) is 21.7. The number of aryl methyl sites for hydroxylation is 1. The number of aliphatic hydroxyl groups excluding tert-OH is 1. The number of rotatable bonds is 19. The number of hydrogen-bond donors (Lipinski definition) is 4. The zero-order valence-electron chi connectivity index (χ0n) is 36.4. The minimum Gasteiger partial charge on any atom is -0.492 e. The number of nitriles is 1. The molecule has 2 amide bonds. The van der Waals surface area contributed by atoms with Gasteiger partial charge in [-0.1, -0.05) is 80.9 Å². The maximum absolute atomic E-state index is 14.6. The number of hydrogen-bond acceptors (Lipinski definition) is 11. The van der Waals surface area contributed by atoms with E-state index in [-0.39, 0.29) is 76.6 Å². The van der Waals surface area contributed by atoms with Crippen molar-refractivity contribution in [2.75, 3.05) is 40.0 Å². The van der Waals surface area contributed by atoms with E-state index in [1.165, 1.54) is 17.5 Å². The third kappa shape index (κ3) is 12.5. The summed E-state index contributed by atoms with van der Waals surface area (Å²) in [5.41, 5.74) is 17.7. The molecule has 0 saturated carbocycles. The van der Waals surface area contributed by atoms with Crippen LogP contribution in [0, 0.1) is 23.2 Å². The molecule has 0 aliphatic carbocycles. The van der Waals surface area contributed by atoms with Gasteiger partial charge < -0.3 is 36.3 Å². The summed E-state index contributed by atoms with van der Waals surface area (Å²) in [6, 6.07) is 25.6. The molecule has 4 aromatic rings. The van der Waals surface area contributed by atoms with E-state index in [0.29, 0.717) is 39.3 Å². The minimum absolute atomic E-state index is 0.0367. The van der Waals surface area contributed by atoms with Crippen LogP contribution < -0.4 is 26.3 Å². The maximum atomic E-state index is 14.6. The van der Waals surface area contributed by atoms with Crippen LogP contribution in [-0.4, -0.2) is 85.2 Å². The number of carbonyl (C=O) groups is 5. The number of fused-ring (bicyclic) bond motifs is 5. The van der Waals surface area contributed by atoms with Crippen molar-refractivity contribution in [1.29, 1.82) is 5.26 Å². The number of benzene rings is 4. The van der Waals surface area contributed by atoms with Crippen LogP contribution in [0.1, 0.15) is 85.5 Å². The van der Waals surface area contributed by atoms with Crippen LogP contribution >= 0.6 is 0 Å². The van der Waals surface area contributed by atoms with Crippen LogP contribution in [0.15, 0.2) is 84.9 Å². The summed E-state index contributed by atoms with van der Waals surface area (Å²) in [6.45, 7) is 3.61. The number of nitrogens with one attached hydrogen (secondary N) is 1. The average molecular weight is 858 g/mol. The number of likely N-dealkylation sites (N-methyl/N-ethyl adjacent to an activating group) is 1. The van der Waals surface area contributed by atoms with Crippen LogP contribution in [0.25, 0.3) is 22.3 Å². The molecule has 4 atom stereocenters. The molecule has 13 nitrogen and oxygen atoms in total. The van der Waals surface area contributed by atoms with Crippen LogP contribution in [-0.2, 0) is 32.0 Å². The van der Waals surface area contributed by atoms with Gasteiger partial charge in [0.25, 0.3) is 0 Å². The highest BCUT2D eigenvalue weighted by molar-refractivity contribution is 6.00. The summed E-state index contributed by atoms with van der Waals surface area (Å²) in [7, 11) is 1.48. The van der Waals surface area contributed by atoms with E-state index in [9.17, 15) is 34.3 Å². The lowest BCUT2D eigenvalue weighted by Gasteiger charge is -2.32. The second kappa shape index (κ2) is 23.3. The Labute approximate surface area is 369 Å². The number of unbranched alkanes of at least 4 members (excludes halogenated alkanes) is 1. The first kappa shape index (κ1) is 47.8. The van der Waals surface area contributed by atoms with Crippen molar-refractivity contribution in [1.82, 2.24) is 10.2 Å². The van der Waals surface area contributed by atoms with Crippen LogP contribution in [0.5, 0.6) is 11.5 Å². The Balaban J connectivity index is 1.51. The Bertz CT molecular complexity index is 2270. The number of nitrogens with zero attached hydrogens (tertiary/aromatic N) is 2. The molecular formula is C50H59N5O8. The van der Waals surface area contributed by atoms with Crippen molar-refractivity contribution in [3.05, 3.63) is 107 Å². The van der Waals surface area contributed by atoms with Gasteiger partial charge in [-0.25, -0.2) is 0 Å². The van der Waals surface area contributed by atoms with Crippen molar-refractivity contribution in [2.24, 2.45) is 23.3 Å². The van der Waals surface area contributed by atoms with Gasteiger partial charge in [0.2, 0.25) is 11.8 Å². The van der Waals surface area contributed by atoms with Crippen LogP contribution in [0.4, 0.5) is 0 Å². The number of ketones is 3. The number of amides is 2. The zero-order chi connectivity index (χ0) is 45.5. The molecule has 0 aromatic heterocycles. The minimum atomic E-state index is -1.24. The molecular weight excluding hydrogens is 799 g/mol. The van der Waals surface area contributed by atoms with E-state index >= 15 is 0 Å². The van der Waals surface area contributed by atoms with Gasteiger partial charge >= 0.3 is 0 Å². The highest BCUT2D eigenvalue weighted by Crippen LogP contribution is 2.41. The first-order chi connectivity index (χ1) is 30.4. The molecule has 4 bridgehead atoms. The summed E-state index contributed by atoms with van der Waals surface area (Å²) >= 11 is 0. The predicted octanol–water partition coefficient (Wildman–Crippen LogP) is 5.93. The van der Waals surface area contributed by atoms with Crippen molar-refractivity contribution in [2.45, 2.75) is 77.3 Å². The van der Waals surface area contributed by atoms with Gasteiger partial charge in [-0.05, 0) is 71.3 Å². The lowest BCUT2D eigenvalue weighted by atomic mass is 9.88. The topological polar surface area (TPSA) is 215 Å². The summed E-state index contributed by atoms with van der Waals surface area (Å²) in [5, 5.41) is 21.7. The lowest BCUT2D eigenvalue weighted by molar-refractivity contribution is -0.142. The van der Waals surface area contributed by atoms with Gasteiger partial charge in [0, 0.05) is 68.4 Å². The fourth-order valence-electron chi connectivity index (χ4n) is 7.82. The summed E-state index contributed by atoms with van der Waals surface area (Å²) in [4.78, 5) is 71.2. The molecule has 13 heteroatoms. The number of Topliss-reactive ketones (excluding diaryl/α,β-unsaturated/α-hetero) is 3. The summed E-state index contributed by atoms with van der Waals surface area (Å²) in [6.07, 6.45) is 2.73. The lowest BCUT2D eigenvalue weighted by Crippen LogP contribution is -2.46. The predicted molar refractivity (Wildman–Crippen MR) is 241 cm³/mol. The van der Waals surface area contributed by atoms with E-state index in [1.807, 2.05) is 18.2 Å². The Hall–Kier alpha value is -6.20. The fourth-order valence-corrected chi connectivity index (χ4v) is 7.82. The molecule has 1 aliphatic rings. The Kier molecular flexibility index (Phi) is 17.7. The van der Waals surface area contributed by atoms with Gasteiger partial charge in [-0.2, -0.15) is 5.26 Å². The zero-order valence-corrected chi connectivity index (χ0v) is 36.4. The quantitative estimate of drug-likeness (QED) is 0.0812. The first-order valence-corrected chi connectivity index (χ1v) is 21.7. The third-order valence-corrected chi connectivity index (χ3v) is 11.4. The molecule has 1 heterocycles. The van der Waals surface area contributed by atoms with Gasteiger partial charge in [0.05, 0.1) is 24.6 Å². The summed E-state index contributed by atoms with van der Waals surface area (Å²) in [5.74, 6) is -3.32. The molecule has 6 N–H and O–H groups in total. The number of aliphatic hydroxyl groups is 1. The van der Waals surface area contributed by atoms with Crippen LogP contribution in [0.3, 0.4) is 0 Å². The highest BCUT2D eigenvalue weighted by Gasteiger charge is 2.36. The van der Waals surface area contributed by atoms with E-state index in [4.69, 9.17) is 20.9 Å². The Morgan fingerprint density at radius 3 is 2.19 bits per heavy atom. The summed E-state index contributed by atoms with van der Waals surface area (Å²) < 4.78 is 12.1. The highest BCUT2D eigenvalue weighted by atomic mass is 16.5. The SMILES string of the molecule is CCCCc1ccc(-c2ccc(C(=O)C[C@@H](CN)C(=O)N(C)[C@@H]3C(=O)C[C@@H](C)C(=O)N[C@H](C(=O)CCC#N)Cc4ccc(OCCO)c(c4)-c4cc3ccc4OCCN)cc2)cc1. The number of nitrogens with two attached hydrogens (primary N) is 2. The van der Waals surface area contributed by atoms with Gasteiger partial charge in [-0.15, -0.1) is 0 Å². The average Bonchev–Trinajstić information content (AvgIpc) is 3.30. The standard InChI is InChI=1S/C50H59N5O8/c1-4-5-7-33-9-12-35(13-10-33)36-14-16-37(17-15-36)44(58)30-39(31-53)50(61)55(3)48-38-18-20-47(62-24-22-52)41(29-38)40-27-34(11-19-46(40)63-25-23-56)28-42(43(57)8-6-21-51)54-49(60)32(2)26-45(48)59/h9-20,27,29,32,39,42,48,56H,4-8,22-26,28,30-31,52-53H2,1-3H3,(H,54,60)/t32-,39+,42+,48+/m1/s1. The Morgan fingerprint density at radius 2 is 1.56 bits per heavy atom. The van der Waals surface area contributed by atoms with Crippen molar-refractivity contribution >= 4 is 29.2 Å². The van der Waals surface area contributed by atoms with Gasteiger partial charge in [0.15, 0.2) is 17.3 Å². The second-order valence-electron chi connectivity index (χ2n) is 16.0. The molecule has 0 saturated heterocycles. The monoisotopic (exact) mass is 857 g/mol. The number of carbonyl (C=O) groups excluding carboxylic acids is 5. The van der Waals surface area contributed by atoms with E-state index < -0.39 is 41.5 Å². The normalized spacial score (nSPS) is 16.8. The van der Waals surface area contributed by atoms with Gasteiger partial charge in [0.1, 0.15) is 30.8 Å². The van der Waals surface area contributed by atoms with E-state index in [2.05, 4.69) is 36.5 Å². The molecule has 63 heavy (non-hydrogen) atoms. The maximum Gasteiger partial charge on any atom is 0.228 e. The molecule has 5 rings (SSSR count). The van der Waals surface area contributed by atoms with Gasteiger partial charge in [-0.3, -0.25) is 24.0 Å². The molecule has 1 aliphatic heterocycles. The molecule has 0 spiro atoms. The largest absolute Gasteiger partial charge is 0.492 e. The smallest absolute Gasteiger partial charge is 0.228 e. The molecule has 4 aromatic carbocycles. The van der Waals surface area contributed by atoms with Crippen molar-refractivity contribution in [3.8, 4) is 39.8 Å².